The highest BCUT2D eigenvalue weighted by molar-refractivity contribution is 5.94. The van der Waals surface area contributed by atoms with Crippen LogP contribution in [0.1, 0.15) is 41.7 Å². The number of carbonyl (C=O) groups excluding carboxylic acids is 1. The van der Waals surface area contributed by atoms with Crippen molar-refractivity contribution in [2.45, 2.75) is 31.8 Å². The fourth-order valence-corrected chi connectivity index (χ4v) is 4.33. The Kier molecular flexibility index (Phi) is 4.90. The first kappa shape index (κ1) is 19.1. The van der Waals surface area contributed by atoms with Gasteiger partial charge in [-0.15, -0.1) is 0 Å². The van der Waals surface area contributed by atoms with Gasteiger partial charge in [0.25, 0.3) is 0 Å². The van der Waals surface area contributed by atoms with Crippen LogP contribution >= 0.6 is 0 Å². The van der Waals surface area contributed by atoms with Gasteiger partial charge in [0.2, 0.25) is 0 Å². The summed E-state index contributed by atoms with van der Waals surface area (Å²) in [6.07, 6.45) is 1.88. The van der Waals surface area contributed by atoms with Crippen molar-refractivity contribution in [1.29, 1.82) is 0 Å². The Hall–Kier alpha value is -2.93. The van der Waals surface area contributed by atoms with Crippen molar-refractivity contribution in [2.24, 2.45) is 0 Å². The zero-order valence-corrected chi connectivity index (χ0v) is 16.8. The van der Waals surface area contributed by atoms with Gasteiger partial charge in [-0.2, -0.15) is 0 Å². The van der Waals surface area contributed by atoms with Gasteiger partial charge >= 0.3 is 0 Å². The van der Waals surface area contributed by atoms with Crippen molar-refractivity contribution in [3.63, 3.8) is 0 Å². The molecule has 2 aliphatic heterocycles. The molecule has 5 rings (SSSR count). The maximum atomic E-state index is 13.4. The van der Waals surface area contributed by atoms with Crippen LogP contribution in [0.4, 0.5) is 4.39 Å². The zero-order chi connectivity index (χ0) is 20.7. The third-order valence-corrected chi connectivity index (χ3v) is 5.97. The molecule has 156 valence electrons. The number of ketones is 1. The highest BCUT2D eigenvalue weighted by Gasteiger charge is 2.29. The number of hydrogen-bond donors (Lipinski definition) is 0. The molecule has 0 bridgehead atoms. The number of Topliss-reactive ketones (excluding diaryl/α,β-unsaturated/α-hetero) is 1. The van der Waals surface area contributed by atoms with E-state index in [0.29, 0.717) is 35.2 Å². The first-order valence-corrected chi connectivity index (χ1v) is 10.3. The van der Waals surface area contributed by atoms with E-state index in [-0.39, 0.29) is 17.7 Å². The van der Waals surface area contributed by atoms with E-state index < -0.39 is 0 Å². The van der Waals surface area contributed by atoms with Crippen molar-refractivity contribution in [3.05, 3.63) is 53.5 Å². The maximum absolute atomic E-state index is 13.4. The summed E-state index contributed by atoms with van der Waals surface area (Å²) in [6, 6.07) is 9.92. The first-order valence-electron chi connectivity index (χ1n) is 10.3. The summed E-state index contributed by atoms with van der Waals surface area (Å²) in [7, 11) is 0. The average Bonchev–Trinajstić information content (AvgIpc) is 3.17. The SMILES string of the molecule is CC(=O)c1ccc2c(c1)OCC(CN1CCC(c3noc4cc(F)ccc34)CC1)O2. The van der Waals surface area contributed by atoms with Gasteiger partial charge in [-0.05, 0) is 63.2 Å². The number of benzene rings is 2. The fourth-order valence-electron chi connectivity index (χ4n) is 4.33. The van der Waals surface area contributed by atoms with Crippen LogP contribution < -0.4 is 9.47 Å². The van der Waals surface area contributed by atoms with Gasteiger partial charge in [0, 0.05) is 29.5 Å². The van der Waals surface area contributed by atoms with Crippen molar-refractivity contribution in [1.82, 2.24) is 10.1 Å². The van der Waals surface area contributed by atoms with Crippen LogP contribution in [-0.2, 0) is 0 Å². The molecule has 7 heteroatoms. The standard InChI is InChI=1S/C23H23FN2O4/c1-14(27)16-2-5-20-22(10-16)28-13-18(29-20)12-26-8-6-15(7-9-26)23-19-4-3-17(24)11-21(19)30-25-23/h2-5,10-11,15,18H,6-9,12-13H2,1H3. The molecule has 0 amide bonds. The van der Waals surface area contributed by atoms with Crippen LogP contribution in [0.15, 0.2) is 40.9 Å². The van der Waals surface area contributed by atoms with Gasteiger partial charge in [-0.25, -0.2) is 4.39 Å². The fraction of sp³-hybridized carbons (Fsp3) is 0.391. The Morgan fingerprint density at radius 1 is 1.17 bits per heavy atom. The summed E-state index contributed by atoms with van der Waals surface area (Å²) < 4.78 is 30.7. The minimum atomic E-state index is -0.311. The predicted molar refractivity (Wildman–Crippen MR) is 109 cm³/mol. The molecule has 2 aromatic carbocycles. The van der Waals surface area contributed by atoms with Crippen molar-refractivity contribution in [3.8, 4) is 11.5 Å². The van der Waals surface area contributed by atoms with E-state index in [9.17, 15) is 9.18 Å². The molecule has 6 nitrogen and oxygen atoms in total. The predicted octanol–water partition coefficient (Wildman–Crippen LogP) is 4.19. The minimum Gasteiger partial charge on any atom is -0.486 e. The van der Waals surface area contributed by atoms with Crippen molar-refractivity contribution < 1.29 is 23.2 Å². The Labute approximate surface area is 173 Å². The Morgan fingerprint density at radius 3 is 2.80 bits per heavy atom. The van der Waals surface area contributed by atoms with E-state index in [1.165, 1.54) is 19.1 Å². The normalized spacial score (nSPS) is 19.9. The van der Waals surface area contributed by atoms with E-state index in [2.05, 4.69) is 10.1 Å². The molecule has 3 heterocycles. The van der Waals surface area contributed by atoms with E-state index in [4.69, 9.17) is 14.0 Å². The molecule has 1 atom stereocenters. The lowest BCUT2D eigenvalue weighted by atomic mass is 9.91. The van der Waals surface area contributed by atoms with Crippen molar-refractivity contribution >= 4 is 16.8 Å². The molecule has 1 fully saturated rings. The Balaban J connectivity index is 1.19. The van der Waals surface area contributed by atoms with Crippen LogP contribution in [-0.4, -0.2) is 48.2 Å². The lowest BCUT2D eigenvalue weighted by molar-refractivity contribution is 0.0511. The second kappa shape index (κ2) is 7.72. The number of likely N-dealkylation sites (tertiary alicyclic amines) is 1. The number of rotatable bonds is 4. The lowest BCUT2D eigenvalue weighted by Gasteiger charge is -2.35. The van der Waals surface area contributed by atoms with Crippen LogP contribution in [0.2, 0.25) is 0 Å². The Bertz CT molecular complexity index is 1090. The smallest absolute Gasteiger partial charge is 0.170 e. The minimum absolute atomic E-state index is 0.0106. The van der Waals surface area contributed by atoms with Gasteiger partial charge in [-0.1, -0.05) is 5.16 Å². The largest absolute Gasteiger partial charge is 0.486 e. The molecule has 1 saturated heterocycles. The second-order valence-corrected chi connectivity index (χ2v) is 8.05. The molecular formula is C23H23FN2O4. The third-order valence-electron chi connectivity index (χ3n) is 5.97. The summed E-state index contributed by atoms with van der Waals surface area (Å²) in [5, 5.41) is 5.12. The van der Waals surface area contributed by atoms with Crippen molar-refractivity contribution in [2.75, 3.05) is 26.2 Å². The van der Waals surface area contributed by atoms with Gasteiger partial charge in [0.1, 0.15) is 18.5 Å². The topological polar surface area (TPSA) is 64.8 Å². The van der Waals surface area contributed by atoms with Crippen LogP contribution in [0.25, 0.3) is 11.0 Å². The number of aromatic nitrogens is 1. The van der Waals surface area contributed by atoms with E-state index in [0.717, 1.165) is 43.6 Å². The second-order valence-electron chi connectivity index (χ2n) is 8.05. The van der Waals surface area contributed by atoms with Gasteiger partial charge < -0.3 is 14.0 Å². The first-order chi connectivity index (χ1) is 14.6. The van der Waals surface area contributed by atoms with Crippen LogP contribution in [0, 0.1) is 5.82 Å². The summed E-state index contributed by atoms with van der Waals surface area (Å²) in [4.78, 5) is 13.9. The molecule has 2 aliphatic rings. The molecule has 0 radical (unpaired) electrons. The van der Waals surface area contributed by atoms with E-state index in [1.807, 2.05) is 6.07 Å². The Morgan fingerprint density at radius 2 is 2.00 bits per heavy atom. The number of ether oxygens (including phenoxy) is 2. The van der Waals surface area contributed by atoms with E-state index in [1.54, 1.807) is 18.2 Å². The number of nitrogens with zero attached hydrogens (tertiary/aromatic N) is 2. The van der Waals surface area contributed by atoms with Gasteiger partial charge in [0.05, 0.1) is 5.69 Å². The van der Waals surface area contributed by atoms with Crippen LogP contribution in [0.3, 0.4) is 0 Å². The van der Waals surface area contributed by atoms with Gasteiger partial charge in [-0.3, -0.25) is 9.69 Å². The highest BCUT2D eigenvalue weighted by Crippen LogP contribution is 2.35. The molecule has 0 N–H and O–H groups in total. The highest BCUT2D eigenvalue weighted by atomic mass is 19.1. The maximum Gasteiger partial charge on any atom is 0.170 e. The molecular weight excluding hydrogens is 387 g/mol. The summed E-state index contributed by atoms with van der Waals surface area (Å²) in [5.74, 6) is 1.33. The molecule has 30 heavy (non-hydrogen) atoms. The average molecular weight is 410 g/mol. The number of fused-ring (bicyclic) bond motifs is 2. The molecule has 0 saturated carbocycles. The molecule has 1 aromatic heterocycles. The number of halogens is 1. The lowest BCUT2D eigenvalue weighted by Crippen LogP contribution is -2.44. The molecule has 0 aliphatic carbocycles. The number of hydrogen-bond acceptors (Lipinski definition) is 6. The van der Waals surface area contributed by atoms with E-state index >= 15 is 0 Å². The molecule has 0 spiro atoms. The monoisotopic (exact) mass is 410 g/mol. The summed E-state index contributed by atoms with van der Waals surface area (Å²) in [5.41, 5.74) is 2.06. The molecule has 3 aromatic rings. The quantitative estimate of drug-likeness (QED) is 0.601. The third kappa shape index (κ3) is 3.65. The summed E-state index contributed by atoms with van der Waals surface area (Å²) in [6.45, 7) is 4.64. The van der Waals surface area contributed by atoms with Gasteiger partial charge in [0.15, 0.2) is 22.9 Å². The number of carbonyl (C=O) groups is 1. The molecule has 1 unspecified atom stereocenters. The number of piperidine rings is 1. The summed E-state index contributed by atoms with van der Waals surface area (Å²) >= 11 is 0. The van der Waals surface area contributed by atoms with Crippen LogP contribution in [0.5, 0.6) is 11.5 Å². The zero-order valence-electron chi connectivity index (χ0n) is 16.8.